The quantitative estimate of drug-likeness (QED) is 0.519. The van der Waals surface area contributed by atoms with Gasteiger partial charge in [-0.2, -0.15) is 5.26 Å². The van der Waals surface area contributed by atoms with Crippen LogP contribution < -0.4 is 5.32 Å². The van der Waals surface area contributed by atoms with E-state index in [1.54, 1.807) is 6.07 Å². The normalized spacial score (nSPS) is 12.0. The Morgan fingerprint density at radius 3 is 2.82 bits per heavy atom. The molecule has 0 saturated carbocycles. The van der Waals surface area contributed by atoms with E-state index in [1.165, 1.54) is 6.07 Å². The Labute approximate surface area is 120 Å². The lowest BCUT2D eigenvalue weighted by molar-refractivity contribution is 0.105. The van der Waals surface area contributed by atoms with Crippen LogP contribution in [0.25, 0.3) is 0 Å². The summed E-state index contributed by atoms with van der Waals surface area (Å²) >= 11 is 4.97. The van der Waals surface area contributed by atoms with Crippen LogP contribution in [-0.2, 0) is 0 Å². The Morgan fingerprint density at radius 2 is 2.29 bits per heavy atom. The van der Waals surface area contributed by atoms with Gasteiger partial charge in [-0.05, 0) is 44.6 Å². The molecule has 0 aromatic heterocycles. The minimum absolute atomic E-state index is 0.0439. The molecule has 17 heavy (non-hydrogen) atoms. The summed E-state index contributed by atoms with van der Waals surface area (Å²) in [6, 6.07) is 3.30. The van der Waals surface area contributed by atoms with Crippen LogP contribution in [0.3, 0.4) is 0 Å². The Hall–Kier alpha value is -0.430. The van der Waals surface area contributed by atoms with E-state index in [9.17, 15) is 9.50 Å². The monoisotopic (exact) mass is 414 g/mol. The van der Waals surface area contributed by atoms with E-state index in [-0.39, 0.29) is 16.6 Å². The number of nitrogens with zero attached hydrogens (tertiary/aromatic N) is 1. The molecule has 3 N–H and O–H groups in total. The van der Waals surface area contributed by atoms with E-state index in [1.807, 2.05) is 22.6 Å². The summed E-state index contributed by atoms with van der Waals surface area (Å²) in [4.78, 5) is 0. The number of anilines is 1. The number of aliphatic hydroxyl groups excluding tert-OH is 2. The Bertz CT molecular complexity index is 465. The molecule has 0 bridgehead atoms. The Kier molecular flexibility index (Phi) is 5.58. The smallest absolute Gasteiger partial charge is 0.157 e. The summed E-state index contributed by atoms with van der Waals surface area (Å²) in [5.74, 6) is -0.645. The van der Waals surface area contributed by atoms with Gasteiger partial charge in [0.2, 0.25) is 0 Å². The zero-order chi connectivity index (χ0) is 13.0. The van der Waals surface area contributed by atoms with Crippen LogP contribution in [-0.4, -0.2) is 29.5 Å². The number of rotatable bonds is 4. The summed E-state index contributed by atoms with van der Waals surface area (Å²) < 4.78 is 14.5. The van der Waals surface area contributed by atoms with Crippen LogP contribution in [0.15, 0.2) is 10.5 Å². The second-order valence-electron chi connectivity index (χ2n) is 3.23. The maximum atomic E-state index is 13.6. The molecule has 1 aromatic carbocycles. The molecule has 1 aromatic rings. The van der Waals surface area contributed by atoms with Crippen LogP contribution in [0.2, 0.25) is 0 Å². The van der Waals surface area contributed by atoms with E-state index >= 15 is 0 Å². The van der Waals surface area contributed by atoms with Crippen LogP contribution in [0.1, 0.15) is 5.56 Å². The van der Waals surface area contributed by atoms with Crippen LogP contribution in [0.5, 0.6) is 0 Å². The lowest BCUT2D eigenvalue weighted by Gasteiger charge is -2.14. The molecular weight excluding hydrogens is 406 g/mol. The minimum Gasteiger partial charge on any atom is -0.394 e. The third-order valence-electron chi connectivity index (χ3n) is 2.01. The van der Waals surface area contributed by atoms with Gasteiger partial charge < -0.3 is 15.5 Å². The number of halogens is 3. The molecule has 7 heteroatoms. The molecule has 0 amide bonds. The standard InChI is InChI=1S/C10H9BrFIN2O2/c11-7-1-8(13)10(6(2-14)9(7)12)15-3-5(17)4-16/h1,5,15-17H,3-4H2. The average Bonchev–Trinajstić information content (AvgIpc) is 2.31. The predicted octanol–water partition coefficient (Wildman–Crippen LogP) is 1.83. The lowest BCUT2D eigenvalue weighted by atomic mass is 10.2. The van der Waals surface area contributed by atoms with Crippen LogP contribution >= 0.6 is 38.5 Å². The number of aliphatic hydroxyl groups is 2. The van der Waals surface area contributed by atoms with Gasteiger partial charge in [0, 0.05) is 10.1 Å². The first-order valence-corrected chi connectivity index (χ1v) is 6.48. The molecule has 1 rings (SSSR count). The van der Waals surface area contributed by atoms with E-state index in [2.05, 4.69) is 21.2 Å². The fourth-order valence-electron chi connectivity index (χ4n) is 1.16. The lowest BCUT2D eigenvalue weighted by Crippen LogP contribution is -2.23. The second kappa shape index (κ2) is 6.49. The molecule has 0 radical (unpaired) electrons. The zero-order valence-electron chi connectivity index (χ0n) is 8.54. The van der Waals surface area contributed by atoms with Crippen molar-refractivity contribution in [2.75, 3.05) is 18.5 Å². The predicted molar refractivity (Wildman–Crippen MR) is 73.1 cm³/mol. The number of nitrogens with one attached hydrogen (secondary N) is 1. The molecule has 0 aliphatic rings. The topological polar surface area (TPSA) is 76.3 Å². The average molecular weight is 415 g/mol. The van der Waals surface area contributed by atoms with Crippen molar-refractivity contribution in [3.63, 3.8) is 0 Å². The van der Waals surface area contributed by atoms with Crippen molar-refractivity contribution in [1.82, 2.24) is 0 Å². The maximum Gasteiger partial charge on any atom is 0.157 e. The summed E-state index contributed by atoms with van der Waals surface area (Å²) in [6.07, 6.45) is -0.955. The first-order chi connectivity index (χ1) is 8.01. The number of hydrogen-bond acceptors (Lipinski definition) is 4. The SMILES string of the molecule is N#Cc1c(F)c(Br)cc(I)c1NCC(O)CO. The number of nitriles is 1. The summed E-state index contributed by atoms with van der Waals surface area (Å²) in [5, 5.41) is 29.5. The zero-order valence-corrected chi connectivity index (χ0v) is 12.3. The highest BCUT2D eigenvalue weighted by atomic mass is 127. The van der Waals surface area contributed by atoms with Crippen molar-refractivity contribution < 1.29 is 14.6 Å². The van der Waals surface area contributed by atoms with Gasteiger partial charge in [-0.15, -0.1) is 0 Å². The molecule has 92 valence electrons. The molecule has 0 saturated heterocycles. The highest BCUT2D eigenvalue weighted by Crippen LogP contribution is 2.30. The van der Waals surface area contributed by atoms with Crippen LogP contribution in [0.4, 0.5) is 10.1 Å². The molecule has 0 aliphatic carbocycles. The Balaban J connectivity index is 3.07. The molecule has 0 spiro atoms. The fraction of sp³-hybridized carbons (Fsp3) is 0.300. The van der Waals surface area contributed by atoms with Crippen molar-refractivity contribution in [1.29, 1.82) is 5.26 Å². The van der Waals surface area contributed by atoms with Crippen molar-refractivity contribution in [3.8, 4) is 6.07 Å². The minimum atomic E-state index is -0.955. The first kappa shape index (κ1) is 14.6. The second-order valence-corrected chi connectivity index (χ2v) is 5.25. The van der Waals surface area contributed by atoms with E-state index in [4.69, 9.17) is 10.4 Å². The van der Waals surface area contributed by atoms with Crippen molar-refractivity contribution >= 4 is 44.2 Å². The fourth-order valence-corrected chi connectivity index (χ4v) is 2.78. The third kappa shape index (κ3) is 3.51. The third-order valence-corrected chi connectivity index (χ3v) is 3.44. The highest BCUT2D eigenvalue weighted by Gasteiger charge is 2.16. The molecular formula is C10H9BrFIN2O2. The molecule has 1 unspecified atom stereocenters. The first-order valence-electron chi connectivity index (χ1n) is 4.61. The van der Waals surface area contributed by atoms with E-state index in [0.717, 1.165) is 0 Å². The summed E-state index contributed by atoms with van der Waals surface area (Å²) in [6.45, 7) is -0.354. The number of benzene rings is 1. The molecule has 0 heterocycles. The summed E-state index contributed by atoms with van der Waals surface area (Å²) in [5.41, 5.74) is 0.204. The highest BCUT2D eigenvalue weighted by molar-refractivity contribution is 14.1. The van der Waals surface area contributed by atoms with Gasteiger partial charge in [0.25, 0.3) is 0 Å². The van der Waals surface area contributed by atoms with Gasteiger partial charge in [-0.3, -0.25) is 0 Å². The van der Waals surface area contributed by atoms with Gasteiger partial charge in [0.1, 0.15) is 11.6 Å². The van der Waals surface area contributed by atoms with Gasteiger partial charge in [-0.25, -0.2) is 4.39 Å². The maximum absolute atomic E-state index is 13.6. The van der Waals surface area contributed by atoms with E-state index < -0.39 is 18.5 Å². The van der Waals surface area contributed by atoms with Gasteiger partial charge in [0.15, 0.2) is 5.82 Å². The molecule has 1 atom stereocenters. The largest absolute Gasteiger partial charge is 0.394 e. The number of hydrogen-bond donors (Lipinski definition) is 3. The molecule has 0 fully saturated rings. The molecule has 4 nitrogen and oxygen atoms in total. The van der Waals surface area contributed by atoms with Crippen LogP contribution in [0, 0.1) is 20.7 Å². The van der Waals surface area contributed by atoms with E-state index in [0.29, 0.717) is 9.26 Å². The van der Waals surface area contributed by atoms with Gasteiger partial charge >= 0.3 is 0 Å². The van der Waals surface area contributed by atoms with Gasteiger partial charge in [-0.1, -0.05) is 0 Å². The van der Waals surface area contributed by atoms with Gasteiger partial charge in [0.05, 0.1) is 22.9 Å². The van der Waals surface area contributed by atoms with Crippen molar-refractivity contribution in [2.24, 2.45) is 0 Å². The molecule has 0 aliphatic heterocycles. The summed E-state index contributed by atoms with van der Waals surface area (Å²) in [7, 11) is 0. The van der Waals surface area contributed by atoms with Crippen molar-refractivity contribution in [2.45, 2.75) is 6.10 Å². The van der Waals surface area contributed by atoms with Crippen molar-refractivity contribution in [3.05, 3.63) is 25.5 Å². The Morgan fingerprint density at radius 1 is 1.65 bits per heavy atom.